The second-order valence-electron chi connectivity index (χ2n) is 8.00. The van der Waals surface area contributed by atoms with Crippen molar-refractivity contribution in [3.05, 3.63) is 95.8 Å². The summed E-state index contributed by atoms with van der Waals surface area (Å²) in [5.41, 5.74) is 8.98. The molecule has 0 fully saturated rings. The predicted octanol–water partition coefficient (Wildman–Crippen LogP) is 4.02. The smallest absolute Gasteiger partial charge is 0.255 e. The van der Waals surface area contributed by atoms with E-state index in [1.165, 1.54) is 12.1 Å². The fraction of sp³-hybridized carbons (Fsp3) is 0.115. The predicted molar refractivity (Wildman–Crippen MR) is 125 cm³/mol. The zero-order valence-corrected chi connectivity index (χ0v) is 18.1. The van der Waals surface area contributed by atoms with Crippen LogP contribution in [0.3, 0.4) is 0 Å². The highest BCUT2D eigenvalue weighted by Gasteiger charge is 2.34. The van der Waals surface area contributed by atoms with Crippen molar-refractivity contribution in [1.29, 1.82) is 0 Å². The first-order valence-corrected chi connectivity index (χ1v) is 10.7. The van der Waals surface area contributed by atoms with Crippen molar-refractivity contribution in [1.82, 2.24) is 9.78 Å². The molecule has 2 amide bonds. The van der Waals surface area contributed by atoms with Crippen LogP contribution in [-0.2, 0) is 9.59 Å². The number of carbonyl (C=O) groups is 2. The maximum Gasteiger partial charge on any atom is 0.255 e. The number of ether oxygens (including phenoxy) is 1. The SMILES string of the molecule is NC(=O)COc1ccc([C@@H]2CC(=O)Nc3c2c(-c2ccccc2)nn3-c2cccc(F)c2)cc1. The van der Waals surface area contributed by atoms with Gasteiger partial charge in [-0.3, -0.25) is 9.59 Å². The summed E-state index contributed by atoms with van der Waals surface area (Å²) in [7, 11) is 0. The molecular formula is C26H21FN4O3. The van der Waals surface area contributed by atoms with E-state index in [-0.39, 0.29) is 24.9 Å². The summed E-state index contributed by atoms with van der Waals surface area (Å²) in [6.07, 6.45) is 0.225. The van der Waals surface area contributed by atoms with E-state index in [1.807, 2.05) is 42.5 Å². The number of rotatable bonds is 6. The molecule has 4 aromatic rings. The van der Waals surface area contributed by atoms with Crippen molar-refractivity contribution >= 4 is 17.6 Å². The third-order valence-electron chi connectivity index (χ3n) is 5.68. The number of primary amides is 1. The molecule has 0 bridgehead atoms. The van der Waals surface area contributed by atoms with Gasteiger partial charge in [0, 0.05) is 23.5 Å². The molecule has 1 aliphatic heterocycles. The maximum atomic E-state index is 14.0. The summed E-state index contributed by atoms with van der Waals surface area (Å²) >= 11 is 0. The number of halogens is 1. The minimum absolute atomic E-state index is 0.163. The van der Waals surface area contributed by atoms with E-state index in [0.29, 0.717) is 22.9 Å². The molecule has 34 heavy (non-hydrogen) atoms. The van der Waals surface area contributed by atoms with Crippen LogP contribution in [0.15, 0.2) is 78.9 Å². The first-order chi connectivity index (χ1) is 16.5. The van der Waals surface area contributed by atoms with Gasteiger partial charge >= 0.3 is 0 Å². The van der Waals surface area contributed by atoms with Crippen LogP contribution in [0.5, 0.6) is 5.75 Å². The molecule has 2 heterocycles. The average molecular weight is 456 g/mol. The Balaban J connectivity index is 1.64. The van der Waals surface area contributed by atoms with E-state index in [2.05, 4.69) is 5.32 Å². The minimum atomic E-state index is -0.560. The third-order valence-corrected chi connectivity index (χ3v) is 5.68. The van der Waals surface area contributed by atoms with Crippen LogP contribution >= 0.6 is 0 Å². The van der Waals surface area contributed by atoms with Crippen molar-refractivity contribution in [3.63, 3.8) is 0 Å². The van der Waals surface area contributed by atoms with Gasteiger partial charge < -0.3 is 15.8 Å². The van der Waals surface area contributed by atoms with E-state index in [4.69, 9.17) is 15.6 Å². The molecule has 0 radical (unpaired) electrons. The number of hydrogen-bond donors (Lipinski definition) is 2. The summed E-state index contributed by atoms with van der Waals surface area (Å²) in [5.74, 6) is -0.389. The van der Waals surface area contributed by atoms with Crippen LogP contribution in [0.25, 0.3) is 16.9 Å². The summed E-state index contributed by atoms with van der Waals surface area (Å²) in [4.78, 5) is 23.7. The molecule has 3 aromatic carbocycles. The van der Waals surface area contributed by atoms with Crippen LogP contribution in [0, 0.1) is 5.82 Å². The fourth-order valence-electron chi connectivity index (χ4n) is 4.19. The Bertz CT molecular complexity index is 1370. The van der Waals surface area contributed by atoms with Gasteiger partial charge in [-0.1, -0.05) is 48.5 Å². The summed E-state index contributed by atoms with van der Waals surface area (Å²) < 4.78 is 21.0. The van der Waals surface area contributed by atoms with Gasteiger partial charge in [0.25, 0.3) is 5.91 Å². The third kappa shape index (κ3) is 4.13. The standard InChI is InChI=1S/C26H21FN4O3/c27-18-7-4-8-19(13-18)31-26-24(25(30-31)17-5-2-1-3-6-17)21(14-23(33)29-26)16-9-11-20(12-10-16)34-15-22(28)32/h1-13,21H,14-15H2,(H2,28,32)(H,29,33)/t21-/m0/s1. The van der Waals surface area contributed by atoms with Gasteiger partial charge in [-0.25, -0.2) is 9.07 Å². The number of benzene rings is 3. The number of nitrogens with two attached hydrogens (primary N) is 1. The Morgan fingerprint density at radius 1 is 1.09 bits per heavy atom. The van der Waals surface area contributed by atoms with Crippen molar-refractivity contribution in [2.45, 2.75) is 12.3 Å². The molecule has 7 nitrogen and oxygen atoms in total. The Morgan fingerprint density at radius 3 is 2.56 bits per heavy atom. The Kier molecular flexibility index (Phi) is 5.55. The Labute approximate surface area is 195 Å². The summed E-state index contributed by atoms with van der Waals surface area (Å²) in [6.45, 7) is -0.214. The van der Waals surface area contributed by atoms with Gasteiger partial charge in [0.2, 0.25) is 5.91 Å². The molecule has 1 aliphatic rings. The van der Waals surface area contributed by atoms with Crippen molar-refractivity contribution < 1.29 is 18.7 Å². The Hall–Kier alpha value is -4.46. The second kappa shape index (κ2) is 8.82. The summed E-state index contributed by atoms with van der Waals surface area (Å²) in [5, 5.41) is 7.75. The highest BCUT2D eigenvalue weighted by atomic mass is 19.1. The van der Waals surface area contributed by atoms with Gasteiger partial charge in [0.05, 0.1) is 11.4 Å². The van der Waals surface area contributed by atoms with E-state index in [1.54, 1.807) is 28.9 Å². The van der Waals surface area contributed by atoms with Gasteiger partial charge in [-0.2, -0.15) is 5.10 Å². The van der Waals surface area contributed by atoms with Gasteiger partial charge in [-0.05, 0) is 35.9 Å². The van der Waals surface area contributed by atoms with E-state index < -0.39 is 11.7 Å². The lowest BCUT2D eigenvalue weighted by Crippen LogP contribution is -2.25. The number of nitrogens with zero attached hydrogens (tertiary/aromatic N) is 2. The molecule has 0 spiro atoms. The van der Waals surface area contributed by atoms with E-state index >= 15 is 0 Å². The molecule has 170 valence electrons. The van der Waals surface area contributed by atoms with Crippen LogP contribution < -0.4 is 15.8 Å². The maximum absolute atomic E-state index is 14.0. The normalized spacial score (nSPS) is 14.9. The topological polar surface area (TPSA) is 99.2 Å². The van der Waals surface area contributed by atoms with Crippen molar-refractivity contribution in [2.24, 2.45) is 5.73 Å². The highest BCUT2D eigenvalue weighted by Crippen LogP contribution is 2.44. The zero-order chi connectivity index (χ0) is 23.7. The number of fused-ring (bicyclic) bond motifs is 1. The number of anilines is 1. The molecule has 1 aromatic heterocycles. The fourth-order valence-corrected chi connectivity index (χ4v) is 4.19. The minimum Gasteiger partial charge on any atom is -0.484 e. The largest absolute Gasteiger partial charge is 0.484 e. The molecule has 5 rings (SSSR count). The first-order valence-electron chi connectivity index (χ1n) is 10.7. The number of amides is 2. The average Bonchev–Trinajstić information content (AvgIpc) is 3.22. The second-order valence-corrected chi connectivity index (χ2v) is 8.00. The van der Waals surface area contributed by atoms with Crippen LogP contribution in [0.1, 0.15) is 23.5 Å². The monoisotopic (exact) mass is 456 g/mol. The summed E-state index contributed by atoms with van der Waals surface area (Å²) in [6, 6.07) is 22.9. The molecule has 3 N–H and O–H groups in total. The lowest BCUT2D eigenvalue weighted by atomic mass is 9.84. The van der Waals surface area contributed by atoms with E-state index in [9.17, 15) is 14.0 Å². The van der Waals surface area contributed by atoms with E-state index in [0.717, 1.165) is 16.7 Å². The number of hydrogen-bond acceptors (Lipinski definition) is 4. The molecule has 0 unspecified atom stereocenters. The number of carbonyl (C=O) groups excluding carboxylic acids is 2. The van der Waals surface area contributed by atoms with Gasteiger partial charge in [0.1, 0.15) is 17.4 Å². The Morgan fingerprint density at radius 2 is 1.85 bits per heavy atom. The number of aromatic nitrogens is 2. The van der Waals surface area contributed by atoms with Gasteiger partial charge in [0.15, 0.2) is 6.61 Å². The quantitative estimate of drug-likeness (QED) is 0.458. The van der Waals surface area contributed by atoms with Crippen LogP contribution in [0.4, 0.5) is 10.2 Å². The zero-order valence-electron chi connectivity index (χ0n) is 18.1. The molecule has 0 saturated carbocycles. The molecular weight excluding hydrogens is 435 g/mol. The first kappa shape index (κ1) is 21.4. The molecule has 0 saturated heterocycles. The number of nitrogens with one attached hydrogen (secondary N) is 1. The van der Waals surface area contributed by atoms with Gasteiger partial charge in [-0.15, -0.1) is 0 Å². The van der Waals surface area contributed by atoms with Crippen molar-refractivity contribution in [2.75, 3.05) is 11.9 Å². The molecule has 0 aliphatic carbocycles. The van der Waals surface area contributed by atoms with Crippen molar-refractivity contribution in [3.8, 4) is 22.7 Å². The highest BCUT2D eigenvalue weighted by molar-refractivity contribution is 5.96. The molecule has 1 atom stereocenters. The lowest BCUT2D eigenvalue weighted by molar-refractivity contribution is -0.120. The van der Waals surface area contributed by atoms with Crippen LogP contribution in [-0.4, -0.2) is 28.2 Å². The van der Waals surface area contributed by atoms with Crippen LogP contribution in [0.2, 0.25) is 0 Å². The molecule has 8 heteroatoms. The lowest BCUT2D eigenvalue weighted by Gasteiger charge is -2.25.